The number of benzene rings is 1. The van der Waals surface area contributed by atoms with E-state index in [4.69, 9.17) is 11.6 Å². The second-order valence-electron chi connectivity index (χ2n) is 5.41. The smallest absolute Gasteiger partial charge is 0.191 e. The summed E-state index contributed by atoms with van der Waals surface area (Å²) in [7, 11) is 1.75. The maximum atomic E-state index is 5.92. The predicted molar refractivity (Wildman–Crippen MR) is 118 cm³/mol. The Morgan fingerprint density at radius 2 is 1.92 bits per heavy atom. The highest BCUT2D eigenvalue weighted by Crippen LogP contribution is 2.13. The van der Waals surface area contributed by atoms with E-state index in [0.29, 0.717) is 18.1 Å². The number of aryl methyl sites for hydroxylation is 1. The topological polar surface area (TPSA) is 67.1 Å². The van der Waals surface area contributed by atoms with Gasteiger partial charge in [0.15, 0.2) is 5.96 Å². The van der Waals surface area contributed by atoms with Crippen LogP contribution in [0.15, 0.2) is 47.8 Å². The maximum Gasteiger partial charge on any atom is 0.191 e. The number of nitrogens with one attached hydrogen (secondary N) is 2. The van der Waals surface area contributed by atoms with Crippen molar-refractivity contribution in [1.82, 2.24) is 25.4 Å². The minimum absolute atomic E-state index is 0. The zero-order valence-corrected chi connectivity index (χ0v) is 18.3. The highest BCUT2D eigenvalue weighted by atomic mass is 127. The Morgan fingerprint density at radius 3 is 2.58 bits per heavy atom. The van der Waals surface area contributed by atoms with Gasteiger partial charge in [-0.05, 0) is 31.2 Å². The standard InChI is InChI=1S/C17H19ClN6S.HI/c1-12-7-20-16(25-12)10-22-17(19-2)21-8-13-9-23-24(11-13)15-5-3-14(18)4-6-15;/h3-7,9,11H,8,10H2,1-2H3,(H2,19,21,22);1H. The highest BCUT2D eigenvalue weighted by Gasteiger charge is 2.04. The third-order valence-electron chi connectivity index (χ3n) is 3.49. The lowest BCUT2D eigenvalue weighted by Crippen LogP contribution is -2.36. The summed E-state index contributed by atoms with van der Waals surface area (Å²) in [6.45, 7) is 3.33. The quantitative estimate of drug-likeness (QED) is 0.317. The molecule has 2 aromatic heterocycles. The van der Waals surface area contributed by atoms with E-state index < -0.39 is 0 Å². The van der Waals surface area contributed by atoms with Gasteiger partial charge in [0.25, 0.3) is 0 Å². The molecule has 6 nitrogen and oxygen atoms in total. The number of guanidine groups is 1. The predicted octanol–water partition coefficient (Wildman–Crippen LogP) is 3.77. The Kier molecular flexibility index (Phi) is 7.85. The molecule has 0 spiro atoms. The summed E-state index contributed by atoms with van der Waals surface area (Å²) in [4.78, 5) is 9.77. The molecule has 3 aromatic rings. The van der Waals surface area contributed by atoms with Gasteiger partial charge in [0, 0.05) is 41.4 Å². The Bertz CT molecular complexity index is 858. The summed E-state index contributed by atoms with van der Waals surface area (Å²) < 4.78 is 1.82. The molecule has 0 unspecified atom stereocenters. The van der Waals surface area contributed by atoms with Crippen LogP contribution < -0.4 is 10.6 Å². The minimum atomic E-state index is 0. The van der Waals surface area contributed by atoms with Gasteiger partial charge in [-0.25, -0.2) is 9.67 Å². The lowest BCUT2D eigenvalue weighted by atomic mass is 10.3. The number of aliphatic imine (C=N–C) groups is 1. The maximum absolute atomic E-state index is 5.92. The Labute approximate surface area is 178 Å². The summed E-state index contributed by atoms with van der Waals surface area (Å²) in [6, 6.07) is 7.57. The van der Waals surface area contributed by atoms with Crippen LogP contribution in [-0.2, 0) is 13.1 Å². The molecular formula is C17H20ClIN6S. The highest BCUT2D eigenvalue weighted by molar-refractivity contribution is 14.0. The fourth-order valence-corrected chi connectivity index (χ4v) is 3.09. The van der Waals surface area contributed by atoms with E-state index in [1.165, 1.54) is 4.88 Å². The van der Waals surface area contributed by atoms with Crippen LogP contribution in [0.3, 0.4) is 0 Å². The van der Waals surface area contributed by atoms with E-state index in [0.717, 1.165) is 22.2 Å². The molecule has 0 amide bonds. The van der Waals surface area contributed by atoms with Crippen molar-refractivity contribution in [3.05, 3.63) is 63.3 Å². The van der Waals surface area contributed by atoms with E-state index in [9.17, 15) is 0 Å². The van der Waals surface area contributed by atoms with Crippen LogP contribution in [0.25, 0.3) is 5.69 Å². The fourth-order valence-electron chi connectivity index (χ4n) is 2.24. The first-order valence-corrected chi connectivity index (χ1v) is 8.99. The molecule has 2 N–H and O–H groups in total. The summed E-state index contributed by atoms with van der Waals surface area (Å²) in [6.07, 6.45) is 5.69. The second kappa shape index (κ2) is 9.89. The molecule has 0 bridgehead atoms. The van der Waals surface area contributed by atoms with Gasteiger partial charge in [0.1, 0.15) is 5.01 Å². The zero-order valence-electron chi connectivity index (χ0n) is 14.4. The number of hydrogen-bond donors (Lipinski definition) is 2. The molecule has 0 saturated heterocycles. The number of rotatable bonds is 5. The molecule has 1 aromatic carbocycles. The molecule has 9 heteroatoms. The van der Waals surface area contributed by atoms with Gasteiger partial charge < -0.3 is 10.6 Å². The lowest BCUT2D eigenvalue weighted by molar-refractivity contribution is 0.804. The molecule has 138 valence electrons. The van der Waals surface area contributed by atoms with Gasteiger partial charge >= 0.3 is 0 Å². The van der Waals surface area contributed by atoms with E-state index in [-0.39, 0.29) is 24.0 Å². The number of nitrogens with zero attached hydrogens (tertiary/aromatic N) is 4. The van der Waals surface area contributed by atoms with Crippen LogP contribution in [0.5, 0.6) is 0 Å². The van der Waals surface area contributed by atoms with Gasteiger partial charge in [-0.15, -0.1) is 35.3 Å². The van der Waals surface area contributed by atoms with Gasteiger partial charge in [-0.2, -0.15) is 5.10 Å². The normalized spacial score (nSPS) is 11.1. The van der Waals surface area contributed by atoms with Gasteiger partial charge in [0.05, 0.1) is 18.4 Å². The first kappa shape index (κ1) is 20.7. The van der Waals surface area contributed by atoms with Gasteiger partial charge in [-0.1, -0.05) is 11.6 Å². The molecule has 26 heavy (non-hydrogen) atoms. The molecule has 0 saturated carbocycles. The van der Waals surface area contributed by atoms with Crippen molar-refractivity contribution in [2.24, 2.45) is 4.99 Å². The summed E-state index contributed by atoms with van der Waals surface area (Å²) in [5.74, 6) is 0.729. The third kappa shape index (κ3) is 5.68. The molecule has 0 aliphatic carbocycles. The van der Waals surface area contributed by atoms with Crippen LogP contribution in [0.2, 0.25) is 5.02 Å². The third-order valence-corrected chi connectivity index (χ3v) is 4.65. The molecule has 0 aliphatic heterocycles. The van der Waals surface area contributed by atoms with Crippen molar-refractivity contribution in [2.45, 2.75) is 20.0 Å². The molecular weight excluding hydrogens is 483 g/mol. The lowest BCUT2D eigenvalue weighted by Gasteiger charge is -2.09. The van der Waals surface area contributed by atoms with Crippen LogP contribution in [-0.4, -0.2) is 27.8 Å². The van der Waals surface area contributed by atoms with Crippen LogP contribution in [0.1, 0.15) is 15.4 Å². The van der Waals surface area contributed by atoms with Crippen molar-refractivity contribution < 1.29 is 0 Å². The van der Waals surface area contributed by atoms with Crippen LogP contribution in [0, 0.1) is 6.92 Å². The molecule has 0 fully saturated rings. The van der Waals surface area contributed by atoms with Gasteiger partial charge in [-0.3, -0.25) is 4.99 Å². The Hall–Kier alpha value is -1.65. The average molecular weight is 503 g/mol. The van der Waals surface area contributed by atoms with Crippen molar-refractivity contribution in [1.29, 1.82) is 0 Å². The van der Waals surface area contributed by atoms with E-state index in [1.807, 2.05) is 54.5 Å². The number of halogens is 2. The first-order chi connectivity index (χ1) is 12.1. The Morgan fingerprint density at radius 1 is 1.19 bits per heavy atom. The molecule has 2 heterocycles. The fraction of sp³-hybridized carbons (Fsp3) is 0.235. The zero-order chi connectivity index (χ0) is 17.6. The molecule has 3 rings (SSSR count). The summed E-state index contributed by atoms with van der Waals surface area (Å²) >= 11 is 7.59. The van der Waals surface area contributed by atoms with Crippen molar-refractivity contribution in [3.63, 3.8) is 0 Å². The molecule has 0 atom stereocenters. The first-order valence-electron chi connectivity index (χ1n) is 7.79. The molecule has 0 aliphatic rings. The largest absolute Gasteiger partial charge is 0.352 e. The number of thiazole rings is 1. The van der Waals surface area contributed by atoms with Crippen molar-refractivity contribution in [2.75, 3.05) is 7.05 Å². The second-order valence-corrected chi connectivity index (χ2v) is 7.17. The van der Waals surface area contributed by atoms with E-state index >= 15 is 0 Å². The number of aromatic nitrogens is 3. The van der Waals surface area contributed by atoms with Crippen LogP contribution in [0.4, 0.5) is 0 Å². The van der Waals surface area contributed by atoms with Crippen molar-refractivity contribution in [3.8, 4) is 5.69 Å². The molecule has 0 radical (unpaired) electrons. The summed E-state index contributed by atoms with van der Waals surface area (Å²) in [5.41, 5.74) is 2.03. The van der Waals surface area contributed by atoms with Gasteiger partial charge in [0.2, 0.25) is 0 Å². The monoisotopic (exact) mass is 502 g/mol. The van der Waals surface area contributed by atoms with Crippen molar-refractivity contribution >= 4 is 52.9 Å². The van der Waals surface area contributed by atoms with E-state index in [1.54, 1.807) is 18.4 Å². The Balaban J connectivity index is 0.00000243. The number of hydrogen-bond acceptors (Lipinski definition) is 4. The summed E-state index contributed by atoms with van der Waals surface area (Å²) in [5, 5.41) is 12.7. The van der Waals surface area contributed by atoms with E-state index in [2.05, 4.69) is 25.7 Å². The SMILES string of the molecule is CN=C(NCc1cnn(-c2ccc(Cl)cc2)c1)NCc1ncc(C)s1.I. The minimum Gasteiger partial charge on any atom is -0.352 e. The average Bonchev–Trinajstić information content (AvgIpc) is 3.25. The van der Waals surface area contributed by atoms with Crippen LogP contribution >= 0.6 is 46.9 Å².